The van der Waals surface area contributed by atoms with Crippen LogP contribution in [0.15, 0.2) is 71.6 Å². The number of carbonyl (C=O) groups excluding carboxylic acids is 2. The molecule has 12 heteroatoms. The summed E-state index contributed by atoms with van der Waals surface area (Å²) in [5.41, 5.74) is 0.195. The molecule has 1 atom stereocenters. The van der Waals surface area contributed by atoms with E-state index in [2.05, 4.69) is 5.32 Å². The highest BCUT2D eigenvalue weighted by Crippen LogP contribution is 2.34. The fraction of sp³-hybridized carbons (Fsp3) is 0.375. The van der Waals surface area contributed by atoms with Crippen LogP contribution in [0.2, 0.25) is 0 Å². The van der Waals surface area contributed by atoms with Crippen molar-refractivity contribution in [3.05, 3.63) is 83.9 Å². The Balaban J connectivity index is 1.48. The number of halogens is 2. The number of carbonyl (C=O) groups is 2. The van der Waals surface area contributed by atoms with Gasteiger partial charge >= 0.3 is 0 Å². The summed E-state index contributed by atoms with van der Waals surface area (Å²) in [5.74, 6) is -1.70. The van der Waals surface area contributed by atoms with Crippen molar-refractivity contribution in [1.29, 1.82) is 0 Å². The monoisotopic (exact) mass is 627 g/mol. The summed E-state index contributed by atoms with van der Waals surface area (Å²) in [7, 11) is -4.43. The van der Waals surface area contributed by atoms with E-state index in [-0.39, 0.29) is 41.1 Å². The van der Waals surface area contributed by atoms with Crippen LogP contribution in [0.3, 0.4) is 0 Å². The Labute approximate surface area is 255 Å². The normalized spacial score (nSPS) is 15.7. The molecule has 5 rings (SSSR count). The number of nitrogens with one attached hydrogen (secondary N) is 1. The highest BCUT2D eigenvalue weighted by atomic mass is 32.2. The molecular weight excluding hydrogens is 592 g/mol. The molecule has 3 aromatic rings. The van der Waals surface area contributed by atoms with Crippen LogP contribution in [0.25, 0.3) is 0 Å². The van der Waals surface area contributed by atoms with Gasteiger partial charge in [-0.3, -0.25) is 13.9 Å². The van der Waals surface area contributed by atoms with Crippen molar-refractivity contribution < 1.29 is 36.3 Å². The minimum atomic E-state index is -4.43. The molecule has 1 N–H and O–H groups in total. The molecule has 3 aromatic carbocycles. The van der Waals surface area contributed by atoms with Gasteiger partial charge in [0.25, 0.3) is 10.0 Å². The molecule has 44 heavy (non-hydrogen) atoms. The zero-order chi connectivity index (χ0) is 31.3. The van der Waals surface area contributed by atoms with Crippen LogP contribution in [-0.4, -0.2) is 57.0 Å². The number of anilines is 1. The van der Waals surface area contributed by atoms with E-state index < -0.39 is 46.1 Å². The first-order chi connectivity index (χ1) is 21.1. The molecule has 1 saturated carbocycles. The first-order valence-corrected chi connectivity index (χ1v) is 16.1. The Hall–Kier alpha value is -4.19. The van der Waals surface area contributed by atoms with E-state index in [1.165, 1.54) is 60.4 Å². The summed E-state index contributed by atoms with van der Waals surface area (Å²) >= 11 is 0. The Morgan fingerprint density at radius 1 is 0.932 bits per heavy atom. The molecule has 234 valence electrons. The van der Waals surface area contributed by atoms with Crippen molar-refractivity contribution in [3.8, 4) is 11.5 Å². The third-order valence-corrected chi connectivity index (χ3v) is 9.68. The quantitative estimate of drug-likeness (QED) is 0.347. The summed E-state index contributed by atoms with van der Waals surface area (Å²) < 4.78 is 68.7. The molecule has 1 fully saturated rings. The van der Waals surface area contributed by atoms with Gasteiger partial charge in [-0.2, -0.15) is 0 Å². The van der Waals surface area contributed by atoms with Crippen LogP contribution in [0.5, 0.6) is 11.5 Å². The van der Waals surface area contributed by atoms with E-state index in [4.69, 9.17) is 9.47 Å². The fourth-order valence-electron chi connectivity index (χ4n) is 5.41. The zero-order valence-corrected chi connectivity index (χ0v) is 25.2. The van der Waals surface area contributed by atoms with Gasteiger partial charge in [0.2, 0.25) is 11.8 Å². The second-order valence-corrected chi connectivity index (χ2v) is 12.8. The van der Waals surface area contributed by atoms with Gasteiger partial charge in [-0.05, 0) is 62.2 Å². The van der Waals surface area contributed by atoms with Crippen LogP contribution < -0.4 is 19.1 Å². The number of nitrogens with zero attached hydrogens (tertiary/aromatic N) is 2. The third kappa shape index (κ3) is 7.12. The summed E-state index contributed by atoms with van der Waals surface area (Å²) in [6, 6.07) is 13.6. The minimum absolute atomic E-state index is 0.0276. The molecule has 0 spiro atoms. The molecule has 1 aliphatic heterocycles. The van der Waals surface area contributed by atoms with Gasteiger partial charge in [0.15, 0.2) is 11.5 Å². The Kier molecular flexibility index (Phi) is 9.68. The van der Waals surface area contributed by atoms with Gasteiger partial charge < -0.3 is 19.7 Å². The van der Waals surface area contributed by atoms with Gasteiger partial charge in [0.1, 0.15) is 37.4 Å². The Morgan fingerprint density at radius 2 is 1.61 bits per heavy atom. The van der Waals surface area contributed by atoms with E-state index in [0.29, 0.717) is 12.4 Å². The van der Waals surface area contributed by atoms with Gasteiger partial charge in [0, 0.05) is 24.2 Å². The summed E-state index contributed by atoms with van der Waals surface area (Å²) in [6.07, 6.45) is 4.72. The standard InChI is InChI=1S/C32H35F2N3O6S/c1-22(32(39)35-25-8-3-2-4-9-25)36(20-23-7-5-6-10-28(23)34)31(38)21-37(26-13-11-24(33)12-14-26)44(40,41)27-15-16-29-30(19-27)43-18-17-42-29/h5-7,10-16,19,22,25H,2-4,8-9,17-18,20-21H2,1H3,(H,35,39). The van der Waals surface area contributed by atoms with Gasteiger partial charge in [-0.25, -0.2) is 17.2 Å². The van der Waals surface area contributed by atoms with Crippen LogP contribution in [0, 0.1) is 11.6 Å². The van der Waals surface area contributed by atoms with Crippen molar-refractivity contribution in [3.63, 3.8) is 0 Å². The molecule has 2 amide bonds. The summed E-state index contributed by atoms with van der Waals surface area (Å²) in [5, 5.41) is 3.00. The van der Waals surface area contributed by atoms with Crippen LogP contribution in [0.1, 0.15) is 44.6 Å². The zero-order valence-electron chi connectivity index (χ0n) is 24.4. The first kappa shape index (κ1) is 31.2. The second kappa shape index (κ2) is 13.6. The molecule has 0 saturated heterocycles. The average Bonchev–Trinajstić information content (AvgIpc) is 3.03. The maximum absolute atomic E-state index is 14.8. The molecular formula is C32H35F2N3O6S. The van der Waals surface area contributed by atoms with Crippen LogP contribution >= 0.6 is 0 Å². The van der Waals surface area contributed by atoms with Crippen molar-refractivity contribution in [2.45, 2.75) is 62.6 Å². The van der Waals surface area contributed by atoms with Crippen molar-refractivity contribution in [2.75, 3.05) is 24.1 Å². The fourth-order valence-corrected chi connectivity index (χ4v) is 6.84. The first-order valence-electron chi connectivity index (χ1n) is 14.6. The maximum Gasteiger partial charge on any atom is 0.264 e. The Morgan fingerprint density at radius 3 is 2.32 bits per heavy atom. The third-order valence-electron chi connectivity index (χ3n) is 7.91. The highest BCUT2D eigenvalue weighted by Gasteiger charge is 2.34. The molecule has 0 aromatic heterocycles. The number of hydrogen-bond donors (Lipinski definition) is 1. The van der Waals surface area contributed by atoms with Crippen molar-refractivity contribution in [1.82, 2.24) is 10.2 Å². The Bertz CT molecular complexity index is 1600. The number of hydrogen-bond acceptors (Lipinski definition) is 6. The summed E-state index contributed by atoms with van der Waals surface area (Å²) in [6.45, 7) is 1.08. The lowest BCUT2D eigenvalue weighted by atomic mass is 9.95. The number of sulfonamides is 1. The lowest BCUT2D eigenvalue weighted by Gasteiger charge is -2.33. The predicted octanol–water partition coefficient (Wildman–Crippen LogP) is 4.80. The molecule has 2 aliphatic rings. The smallest absolute Gasteiger partial charge is 0.264 e. The predicted molar refractivity (Wildman–Crippen MR) is 160 cm³/mol. The lowest BCUT2D eigenvalue weighted by molar-refractivity contribution is -0.139. The summed E-state index contributed by atoms with van der Waals surface area (Å²) in [4.78, 5) is 28.4. The van der Waals surface area contributed by atoms with Crippen LogP contribution in [0.4, 0.5) is 14.5 Å². The minimum Gasteiger partial charge on any atom is -0.486 e. The molecule has 1 aliphatic carbocycles. The molecule has 0 bridgehead atoms. The van der Waals surface area contributed by atoms with E-state index in [1.54, 1.807) is 6.07 Å². The topological polar surface area (TPSA) is 105 Å². The van der Waals surface area contributed by atoms with E-state index in [0.717, 1.165) is 48.5 Å². The second-order valence-electron chi connectivity index (χ2n) is 10.9. The molecule has 0 radical (unpaired) electrons. The number of ether oxygens (including phenoxy) is 2. The van der Waals surface area contributed by atoms with Gasteiger partial charge in [-0.1, -0.05) is 37.5 Å². The molecule has 1 unspecified atom stereocenters. The molecule has 9 nitrogen and oxygen atoms in total. The van der Waals surface area contributed by atoms with Crippen molar-refractivity contribution >= 4 is 27.5 Å². The number of rotatable bonds is 10. The van der Waals surface area contributed by atoms with Crippen LogP contribution in [-0.2, 0) is 26.2 Å². The van der Waals surface area contributed by atoms with E-state index in [9.17, 15) is 26.8 Å². The van der Waals surface area contributed by atoms with Gasteiger partial charge in [0.05, 0.1) is 10.6 Å². The van der Waals surface area contributed by atoms with Gasteiger partial charge in [-0.15, -0.1) is 0 Å². The van der Waals surface area contributed by atoms with E-state index in [1.807, 2.05) is 0 Å². The molecule has 1 heterocycles. The highest BCUT2D eigenvalue weighted by molar-refractivity contribution is 7.92. The van der Waals surface area contributed by atoms with E-state index >= 15 is 0 Å². The number of benzene rings is 3. The number of fused-ring (bicyclic) bond motifs is 1. The SMILES string of the molecule is CC(C(=O)NC1CCCCC1)N(Cc1ccccc1F)C(=O)CN(c1ccc(F)cc1)S(=O)(=O)c1ccc2c(c1)OCCO2. The lowest BCUT2D eigenvalue weighted by Crippen LogP contribution is -2.53. The van der Waals surface area contributed by atoms with Crippen molar-refractivity contribution in [2.24, 2.45) is 0 Å². The number of amides is 2. The average molecular weight is 628 g/mol. The largest absolute Gasteiger partial charge is 0.486 e. The maximum atomic E-state index is 14.8.